The third-order valence-electron chi connectivity index (χ3n) is 6.69. The normalized spacial score (nSPS) is 16.6. The van der Waals surface area contributed by atoms with Crippen molar-refractivity contribution < 1.29 is 0 Å². The molecule has 1 aromatic carbocycles. The van der Waals surface area contributed by atoms with E-state index in [1.807, 2.05) is 6.20 Å². The maximum Gasteiger partial charge on any atom is 0.101 e. The van der Waals surface area contributed by atoms with Gasteiger partial charge < -0.3 is 20.5 Å². The van der Waals surface area contributed by atoms with Crippen molar-refractivity contribution in [2.75, 3.05) is 32.0 Å². The van der Waals surface area contributed by atoms with Crippen molar-refractivity contribution >= 4 is 16.6 Å². The molecular weight excluding hydrogens is 394 g/mol. The van der Waals surface area contributed by atoms with Gasteiger partial charge in [-0.25, -0.2) is 0 Å². The van der Waals surface area contributed by atoms with E-state index in [1.165, 1.54) is 48.9 Å². The highest BCUT2D eigenvalue weighted by Crippen LogP contribution is 2.29. The maximum absolute atomic E-state index is 9.75. The number of nitriles is 1. The molecule has 0 saturated carbocycles. The molecule has 2 aromatic rings. The second kappa shape index (κ2) is 11.7. The quantitative estimate of drug-likeness (QED) is 0.258. The Kier molecular flexibility index (Phi) is 8.72. The molecule has 3 rings (SSSR count). The van der Waals surface area contributed by atoms with Gasteiger partial charge >= 0.3 is 0 Å². The lowest BCUT2D eigenvalue weighted by Gasteiger charge is -2.31. The van der Waals surface area contributed by atoms with Crippen LogP contribution in [0.1, 0.15) is 44.6 Å². The summed E-state index contributed by atoms with van der Waals surface area (Å²) < 4.78 is 0. The summed E-state index contributed by atoms with van der Waals surface area (Å²) in [6.07, 6.45) is 11.4. The summed E-state index contributed by atoms with van der Waals surface area (Å²) in [6, 6.07) is 9.25. The van der Waals surface area contributed by atoms with E-state index in [0.29, 0.717) is 11.6 Å². The molecule has 0 radical (unpaired) electrons. The highest BCUT2D eigenvalue weighted by Gasteiger charge is 2.17. The number of aromatic amines is 1. The van der Waals surface area contributed by atoms with Crippen molar-refractivity contribution in [2.45, 2.75) is 52.0 Å². The Labute approximate surface area is 192 Å². The average molecular weight is 432 g/mol. The van der Waals surface area contributed by atoms with Crippen molar-refractivity contribution in [1.82, 2.24) is 15.2 Å². The number of fused-ring (bicyclic) bond motifs is 1. The number of benzene rings is 1. The fourth-order valence-corrected chi connectivity index (χ4v) is 4.59. The number of nitrogens with one attached hydrogen (secondary N) is 3. The molecule has 2 heterocycles. The molecule has 1 aromatic heterocycles. The predicted octanol–water partition coefficient (Wildman–Crippen LogP) is 5.65. The second-order valence-electron chi connectivity index (χ2n) is 8.58. The first-order chi connectivity index (χ1) is 15.6. The number of unbranched alkanes of at least 4 members (excludes halogenated alkanes) is 1. The number of piperidine rings is 1. The molecular formula is C27H37N5. The first-order valence-electron chi connectivity index (χ1n) is 11.8. The molecule has 1 aliphatic heterocycles. The molecule has 0 aliphatic carbocycles. The van der Waals surface area contributed by atoms with Crippen LogP contribution in [-0.4, -0.2) is 42.6 Å². The molecule has 5 nitrogen and oxygen atoms in total. The number of rotatable bonds is 10. The summed E-state index contributed by atoms with van der Waals surface area (Å²) in [5.74, 6) is 0. The van der Waals surface area contributed by atoms with Crippen LogP contribution < -0.4 is 10.6 Å². The third kappa shape index (κ3) is 5.70. The summed E-state index contributed by atoms with van der Waals surface area (Å²) >= 11 is 0. The number of likely N-dealkylation sites (tertiary alicyclic amines) is 1. The average Bonchev–Trinajstić information content (AvgIpc) is 3.31. The van der Waals surface area contributed by atoms with E-state index >= 15 is 0 Å². The monoisotopic (exact) mass is 431 g/mol. The highest BCUT2D eigenvalue weighted by atomic mass is 15.1. The first kappa shape index (κ1) is 23.8. The van der Waals surface area contributed by atoms with Crippen molar-refractivity contribution in [3.8, 4) is 6.07 Å². The minimum Gasteiger partial charge on any atom is -0.361 e. The molecule has 5 heteroatoms. The fraction of sp³-hybridized carbons (Fsp3) is 0.444. The number of hydrogen-bond acceptors (Lipinski definition) is 4. The number of hydrogen-bond donors (Lipinski definition) is 3. The van der Waals surface area contributed by atoms with E-state index in [0.717, 1.165) is 36.3 Å². The van der Waals surface area contributed by atoms with E-state index in [-0.39, 0.29) is 0 Å². The zero-order valence-electron chi connectivity index (χ0n) is 19.8. The van der Waals surface area contributed by atoms with Gasteiger partial charge in [-0.3, -0.25) is 0 Å². The Hall–Kier alpha value is -2.81. The Balaban J connectivity index is 1.66. The molecule has 0 bridgehead atoms. The van der Waals surface area contributed by atoms with Crippen LogP contribution in [0.2, 0.25) is 0 Å². The SMILES string of the molecule is C=C/C(C#N)=C(Nc1ccc2[nH]ccc2c1C)\C(=C/C)CCCCN1CCC(NC)CC1. The van der Waals surface area contributed by atoms with Crippen LogP contribution in [-0.2, 0) is 0 Å². The van der Waals surface area contributed by atoms with E-state index in [9.17, 15) is 5.26 Å². The number of allylic oxidation sites excluding steroid dienone is 4. The number of nitrogens with zero attached hydrogens (tertiary/aromatic N) is 2. The van der Waals surface area contributed by atoms with Gasteiger partial charge in [0.1, 0.15) is 6.07 Å². The van der Waals surface area contributed by atoms with Crippen LogP contribution in [0.4, 0.5) is 5.69 Å². The van der Waals surface area contributed by atoms with Crippen LogP contribution in [0.25, 0.3) is 10.9 Å². The van der Waals surface area contributed by atoms with Gasteiger partial charge in [-0.05, 0) is 108 Å². The molecule has 3 N–H and O–H groups in total. The number of H-pyrrole nitrogens is 1. The zero-order chi connectivity index (χ0) is 22.9. The topological polar surface area (TPSA) is 66.9 Å². The van der Waals surface area contributed by atoms with E-state index in [2.05, 4.69) is 78.3 Å². The zero-order valence-corrected chi connectivity index (χ0v) is 19.8. The Morgan fingerprint density at radius 1 is 1.28 bits per heavy atom. The van der Waals surface area contributed by atoms with Crippen LogP contribution in [0, 0.1) is 18.3 Å². The Morgan fingerprint density at radius 2 is 2.06 bits per heavy atom. The summed E-state index contributed by atoms with van der Waals surface area (Å²) in [5.41, 5.74) is 5.94. The largest absolute Gasteiger partial charge is 0.361 e. The molecule has 32 heavy (non-hydrogen) atoms. The molecule has 0 spiro atoms. The smallest absolute Gasteiger partial charge is 0.101 e. The molecule has 1 saturated heterocycles. The molecule has 0 amide bonds. The molecule has 0 unspecified atom stereocenters. The van der Waals surface area contributed by atoms with Gasteiger partial charge in [0, 0.05) is 28.8 Å². The van der Waals surface area contributed by atoms with Gasteiger partial charge in [-0.15, -0.1) is 0 Å². The van der Waals surface area contributed by atoms with Crippen molar-refractivity contribution in [2.24, 2.45) is 0 Å². The van der Waals surface area contributed by atoms with Gasteiger partial charge in [-0.2, -0.15) is 5.26 Å². The van der Waals surface area contributed by atoms with E-state index in [1.54, 1.807) is 6.08 Å². The van der Waals surface area contributed by atoms with E-state index in [4.69, 9.17) is 0 Å². The minimum atomic E-state index is 0.584. The summed E-state index contributed by atoms with van der Waals surface area (Å²) in [6.45, 7) is 11.6. The number of aromatic nitrogens is 1. The maximum atomic E-state index is 9.75. The molecule has 1 fully saturated rings. The van der Waals surface area contributed by atoms with Crippen LogP contribution in [0.5, 0.6) is 0 Å². The number of aryl methyl sites for hydroxylation is 1. The lowest BCUT2D eigenvalue weighted by atomic mass is 9.99. The van der Waals surface area contributed by atoms with Gasteiger partial charge in [0.15, 0.2) is 0 Å². The third-order valence-corrected chi connectivity index (χ3v) is 6.69. The second-order valence-corrected chi connectivity index (χ2v) is 8.58. The van der Waals surface area contributed by atoms with Crippen molar-refractivity contribution in [1.29, 1.82) is 5.26 Å². The van der Waals surface area contributed by atoms with Crippen LogP contribution in [0.15, 0.2) is 60.0 Å². The lowest BCUT2D eigenvalue weighted by Crippen LogP contribution is -2.41. The Morgan fingerprint density at radius 3 is 2.72 bits per heavy atom. The van der Waals surface area contributed by atoms with Crippen molar-refractivity contribution in [3.05, 3.63) is 65.5 Å². The molecule has 1 aliphatic rings. The number of anilines is 1. The lowest BCUT2D eigenvalue weighted by molar-refractivity contribution is 0.199. The van der Waals surface area contributed by atoms with E-state index < -0.39 is 0 Å². The molecule has 170 valence electrons. The van der Waals surface area contributed by atoms with Crippen LogP contribution in [0.3, 0.4) is 0 Å². The Bertz CT molecular complexity index is 1010. The van der Waals surface area contributed by atoms with Gasteiger partial charge in [0.2, 0.25) is 0 Å². The highest BCUT2D eigenvalue weighted by molar-refractivity contribution is 5.88. The predicted molar refractivity (Wildman–Crippen MR) is 136 cm³/mol. The summed E-state index contributed by atoms with van der Waals surface area (Å²) in [7, 11) is 2.06. The summed E-state index contributed by atoms with van der Waals surface area (Å²) in [4.78, 5) is 5.84. The summed E-state index contributed by atoms with van der Waals surface area (Å²) in [5, 5.41) is 17.9. The van der Waals surface area contributed by atoms with Gasteiger partial charge in [-0.1, -0.05) is 12.7 Å². The van der Waals surface area contributed by atoms with Gasteiger partial charge in [0.05, 0.1) is 11.3 Å². The minimum absolute atomic E-state index is 0.584. The standard InChI is InChI=1S/C27H37N5/c1-5-21(9-7-8-16-32-17-13-23(29-4)14-18-32)27(22(6-2)19-28)31-25-10-11-26-24(20(25)3)12-15-30-26/h5-6,10-12,15,23,29-31H,2,7-9,13-14,16-18H2,1,3-4H3/b21-5-,27-22-. The van der Waals surface area contributed by atoms with Crippen molar-refractivity contribution in [3.63, 3.8) is 0 Å². The van der Waals surface area contributed by atoms with Gasteiger partial charge in [0.25, 0.3) is 0 Å². The van der Waals surface area contributed by atoms with Crippen LogP contribution >= 0.6 is 0 Å². The molecule has 0 atom stereocenters. The first-order valence-corrected chi connectivity index (χ1v) is 11.8. The fourth-order valence-electron chi connectivity index (χ4n) is 4.59.